The Bertz CT molecular complexity index is 526. The Kier molecular flexibility index (Phi) is 4.47. The van der Waals surface area contributed by atoms with E-state index in [1.165, 1.54) is 18.2 Å². The molecule has 2 aromatic rings. The summed E-state index contributed by atoms with van der Waals surface area (Å²) < 4.78 is 26.7. The van der Waals surface area contributed by atoms with E-state index in [1.807, 2.05) is 4.90 Å². The van der Waals surface area contributed by atoms with E-state index < -0.39 is 0 Å². The summed E-state index contributed by atoms with van der Waals surface area (Å²) in [4.78, 5) is 1.85. The van der Waals surface area contributed by atoms with Gasteiger partial charge in [0.15, 0.2) is 0 Å². The number of nitrogens with zero attached hydrogens (tertiary/aromatic N) is 1. The minimum atomic E-state index is -0.280. The predicted octanol–water partition coefficient (Wildman–Crippen LogP) is 2.93. The number of para-hydroxylation sites is 1. The average molecular weight is 262 g/mol. The normalized spacial score (nSPS) is 10.5. The molecule has 2 nitrogen and oxygen atoms in total. The minimum Gasteiger partial charge on any atom is -0.364 e. The molecule has 0 aliphatic rings. The summed E-state index contributed by atoms with van der Waals surface area (Å²) in [5.74, 6) is -0.557. The lowest BCUT2D eigenvalue weighted by Crippen LogP contribution is -2.29. The number of benzene rings is 2. The number of hydrogen-bond donors (Lipinski definition) is 1. The van der Waals surface area contributed by atoms with Crippen LogP contribution in [0.25, 0.3) is 0 Å². The molecule has 0 aliphatic carbocycles. The van der Waals surface area contributed by atoms with Crippen LogP contribution in [0.1, 0.15) is 5.56 Å². The van der Waals surface area contributed by atoms with Crippen molar-refractivity contribution in [2.24, 2.45) is 5.73 Å². The Morgan fingerprint density at radius 1 is 0.947 bits per heavy atom. The second-order valence-corrected chi connectivity index (χ2v) is 4.29. The molecule has 2 aromatic carbocycles. The van der Waals surface area contributed by atoms with Gasteiger partial charge in [-0.3, -0.25) is 0 Å². The molecule has 0 atom stereocenters. The molecule has 2 rings (SSSR count). The van der Waals surface area contributed by atoms with Crippen LogP contribution in [-0.4, -0.2) is 13.1 Å². The first-order valence-electron chi connectivity index (χ1n) is 6.14. The molecule has 0 radical (unpaired) electrons. The van der Waals surface area contributed by atoms with Crippen molar-refractivity contribution in [3.63, 3.8) is 0 Å². The Hall–Kier alpha value is -1.94. The number of hydrogen-bond acceptors (Lipinski definition) is 2. The van der Waals surface area contributed by atoms with Gasteiger partial charge in [-0.05, 0) is 29.8 Å². The fraction of sp³-hybridized carbons (Fsp3) is 0.200. The van der Waals surface area contributed by atoms with Crippen LogP contribution >= 0.6 is 0 Å². The van der Waals surface area contributed by atoms with E-state index in [9.17, 15) is 8.78 Å². The molecule has 0 amide bonds. The Morgan fingerprint density at radius 3 is 2.26 bits per heavy atom. The molecule has 0 bridgehead atoms. The zero-order chi connectivity index (χ0) is 13.7. The largest absolute Gasteiger partial charge is 0.364 e. The van der Waals surface area contributed by atoms with Gasteiger partial charge in [0.25, 0.3) is 0 Å². The lowest BCUT2D eigenvalue weighted by Gasteiger charge is -2.24. The number of rotatable bonds is 5. The molecule has 0 aromatic heterocycles. The van der Waals surface area contributed by atoms with Crippen LogP contribution in [0.3, 0.4) is 0 Å². The highest BCUT2D eigenvalue weighted by Crippen LogP contribution is 2.20. The lowest BCUT2D eigenvalue weighted by atomic mass is 10.2. The van der Waals surface area contributed by atoms with E-state index in [1.54, 1.807) is 30.3 Å². The van der Waals surface area contributed by atoms with Crippen molar-refractivity contribution < 1.29 is 8.78 Å². The molecule has 0 saturated carbocycles. The van der Waals surface area contributed by atoms with Crippen LogP contribution in [-0.2, 0) is 6.54 Å². The predicted molar refractivity (Wildman–Crippen MR) is 72.9 cm³/mol. The Morgan fingerprint density at radius 2 is 1.63 bits per heavy atom. The molecule has 0 fully saturated rings. The molecule has 100 valence electrons. The van der Waals surface area contributed by atoms with Gasteiger partial charge in [0, 0.05) is 19.6 Å². The minimum absolute atomic E-state index is 0.278. The number of anilines is 1. The van der Waals surface area contributed by atoms with Gasteiger partial charge < -0.3 is 10.6 Å². The van der Waals surface area contributed by atoms with E-state index in [0.717, 1.165) is 5.56 Å². The third kappa shape index (κ3) is 3.51. The first-order chi connectivity index (χ1) is 9.20. The second-order valence-electron chi connectivity index (χ2n) is 4.29. The molecular weight excluding hydrogens is 246 g/mol. The zero-order valence-corrected chi connectivity index (χ0v) is 10.5. The smallest absolute Gasteiger partial charge is 0.146 e. The highest BCUT2D eigenvalue weighted by atomic mass is 19.1. The van der Waals surface area contributed by atoms with Crippen molar-refractivity contribution in [2.75, 3.05) is 18.0 Å². The van der Waals surface area contributed by atoms with Crippen molar-refractivity contribution in [1.82, 2.24) is 0 Å². The summed E-state index contributed by atoms with van der Waals surface area (Å²) in [5.41, 5.74) is 7.00. The summed E-state index contributed by atoms with van der Waals surface area (Å²) in [6, 6.07) is 12.8. The van der Waals surface area contributed by atoms with Crippen molar-refractivity contribution in [2.45, 2.75) is 6.54 Å². The Balaban J connectivity index is 2.21. The fourth-order valence-corrected chi connectivity index (χ4v) is 1.96. The maximum absolute atomic E-state index is 13.8. The van der Waals surface area contributed by atoms with Crippen LogP contribution in [0.2, 0.25) is 0 Å². The van der Waals surface area contributed by atoms with Crippen LogP contribution in [0.4, 0.5) is 14.5 Å². The third-order valence-electron chi connectivity index (χ3n) is 2.88. The van der Waals surface area contributed by atoms with Gasteiger partial charge in [0.05, 0.1) is 5.69 Å². The maximum atomic E-state index is 13.8. The zero-order valence-electron chi connectivity index (χ0n) is 10.5. The molecule has 0 heterocycles. The molecule has 0 aliphatic heterocycles. The van der Waals surface area contributed by atoms with Crippen molar-refractivity contribution in [3.05, 3.63) is 65.7 Å². The van der Waals surface area contributed by atoms with Gasteiger partial charge >= 0.3 is 0 Å². The van der Waals surface area contributed by atoms with Crippen LogP contribution in [0, 0.1) is 11.6 Å². The second kappa shape index (κ2) is 6.29. The summed E-state index contributed by atoms with van der Waals surface area (Å²) in [5, 5.41) is 0. The molecule has 19 heavy (non-hydrogen) atoms. The quantitative estimate of drug-likeness (QED) is 0.897. The van der Waals surface area contributed by atoms with Gasteiger partial charge in [-0.2, -0.15) is 0 Å². The van der Waals surface area contributed by atoms with Gasteiger partial charge in [-0.15, -0.1) is 0 Å². The van der Waals surface area contributed by atoms with Crippen molar-refractivity contribution in [3.8, 4) is 0 Å². The molecule has 2 N–H and O–H groups in total. The molecule has 0 unspecified atom stereocenters. The van der Waals surface area contributed by atoms with E-state index in [4.69, 9.17) is 5.73 Å². The number of halogens is 2. The van der Waals surface area contributed by atoms with Crippen molar-refractivity contribution >= 4 is 5.69 Å². The van der Waals surface area contributed by atoms with Crippen LogP contribution < -0.4 is 10.6 Å². The molecule has 4 heteroatoms. The highest BCUT2D eigenvalue weighted by Gasteiger charge is 2.10. The highest BCUT2D eigenvalue weighted by molar-refractivity contribution is 5.48. The van der Waals surface area contributed by atoms with E-state index in [-0.39, 0.29) is 11.6 Å². The SMILES string of the molecule is NCCN(Cc1ccc(F)cc1)c1ccccc1F. The Labute approximate surface area is 111 Å². The fourth-order valence-electron chi connectivity index (χ4n) is 1.96. The summed E-state index contributed by atoms with van der Waals surface area (Å²) in [6.07, 6.45) is 0. The molecule has 0 saturated heterocycles. The number of nitrogens with two attached hydrogens (primary N) is 1. The van der Waals surface area contributed by atoms with Gasteiger partial charge in [-0.25, -0.2) is 8.78 Å². The van der Waals surface area contributed by atoms with Gasteiger partial charge in [0.1, 0.15) is 11.6 Å². The maximum Gasteiger partial charge on any atom is 0.146 e. The monoisotopic (exact) mass is 262 g/mol. The van der Waals surface area contributed by atoms with Crippen molar-refractivity contribution in [1.29, 1.82) is 0 Å². The molecule has 0 spiro atoms. The summed E-state index contributed by atoms with van der Waals surface area (Å²) in [6.45, 7) is 1.46. The first-order valence-corrected chi connectivity index (χ1v) is 6.14. The van der Waals surface area contributed by atoms with Gasteiger partial charge in [-0.1, -0.05) is 24.3 Å². The van der Waals surface area contributed by atoms with Crippen LogP contribution in [0.5, 0.6) is 0 Å². The van der Waals surface area contributed by atoms with E-state index in [2.05, 4.69) is 0 Å². The topological polar surface area (TPSA) is 29.3 Å². The first kappa shape index (κ1) is 13.5. The lowest BCUT2D eigenvalue weighted by molar-refractivity contribution is 0.614. The average Bonchev–Trinajstić information content (AvgIpc) is 2.41. The van der Waals surface area contributed by atoms with Crippen LogP contribution in [0.15, 0.2) is 48.5 Å². The summed E-state index contributed by atoms with van der Waals surface area (Å²) >= 11 is 0. The molecular formula is C15H16F2N2. The van der Waals surface area contributed by atoms with Gasteiger partial charge in [0.2, 0.25) is 0 Å². The standard InChI is InChI=1S/C15H16F2N2/c16-13-7-5-12(6-8-13)11-19(10-9-18)15-4-2-1-3-14(15)17/h1-8H,9-11,18H2. The van der Waals surface area contributed by atoms with E-state index in [0.29, 0.717) is 25.3 Å². The summed E-state index contributed by atoms with van der Waals surface area (Å²) in [7, 11) is 0. The third-order valence-corrected chi connectivity index (χ3v) is 2.88. The van der Waals surface area contributed by atoms with E-state index >= 15 is 0 Å².